The van der Waals surface area contributed by atoms with Crippen molar-refractivity contribution in [2.24, 2.45) is 0 Å². The van der Waals surface area contributed by atoms with Gasteiger partial charge in [-0.3, -0.25) is 0 Å². The second kappa shape index (κ2) is 9.74. The van der Waals surface area contributed by atoms with Gasteiger partial charge in [0.15, 0.2) is 0 Å². The predicted molar refractivity (Wildman–Crippen MR) is 72.5 cm³/mol. The summed E-state index contributed by atoms with van der Waals surface area (Å²) in [5.74, 6) is 1.71. The minimum absolute atomic E-state index is 0.757. The fraction of sp³-hybridized carbons (Fsp3) is 0.571. The predicted octanol–water partition coefficient (Wildman–Crippen LogP) is 2.09. The molecule has 0 unspecified atom stereocenters. The number of nitrogens with one attached hydrogen (secondary N) is 1. The van der Waals surface area contributed by atoms with E-state index in [-0.39, 0.29) is 0 Å². The number of methoxy groups -OCH3 is 1. The standard InChI is InChI=1S/C10H14O2.C4H9NO/c1-3-7-12-10-6-4-5-9(8-10)11-2;1-3-6-4-2-5-1/h4-6,8H,3,7H2,1-2H3;5H,1-4H2. The van der Waals surface area contributed by atoms with E-state index in [4.69, 9.17) is 14.2 Å². The highest BCUT2D eigenvalue weighted by Gasteiger charge is 1.94. The van der Waals surface area contributed by atoms with E-state index in [2.05, 4.69) is 12.2 Å². The molecule has 1 N–H and O–H groups in total. The Bertz CT molecular complexity index is 302. The van der Waals surface area contributed by atoms with Crippen molar-refractivity contribution in [2.45, 2.75) is 13.3 Å². The molecular weight excluding hydrogens is 230 g/mol. The monoisotopic (exact) mass is 253 g/mol. The van der Waals surface area contributed by atoms with Gasteiger partial charge in [-0.05, 0) is 18.6 Å². The first-order chi connectivity index (χ1) is 8.86. The van der Waals surface area contributed by atoms with Crippen LogP contribution in [0.5, 0.6) is 11.5 Å². The zero-order valence-electron chi connectivity index (χ0n) is 11.3. The first kappa shape index (κ1) is 14.8. The lowest BCUT2D eigenvalue weighted by molar-refractivity contribution is 0.109. The number of hydrogen-bond acceptors (Lipinski definition) is 4. The van der Waals surface area contributed by atoms with Crippen LogP contribution in [0.3, 0.4) is 0 Å². The highest BCUT2D eigenvalue weighted by atomic mass is 16.5. The molecule has 1 aliphatic rings. The second-order valence-electron chi connectivity index (χ2n) is 3.89. The lowest BCUT2D eigenvalue weighted by Gasteiger charge is -2.10. The van der Waals surface area contributed by atoms with Crippen molar-refractivity contribution >= 4 is 0 Å². The Labute approximate surface area is 109 Å². The zero-order chi connectivity index (χ0) is 13.1. The van der Waals surface area contributed by atoms with E-state index >= 15 is 0 Å². The van der Waals surface area contributed by atoms with Crippen LogP contribution >= 0.6 is 0 Å². The molecule has 0 spiro atoms. The topological polar surface area (TPSA) is 39.7 Å². The summed E-state index contributed by atoms with van der Waals surface area (Å²) in [5.41, 5.74) is 0. The van der Waals surface area contributed by atoms with Crippen molar-refractivity contribution in [1.29, 1.82) is 0 Å². The molecule has 0 amide bonds. The first-order valence-electron chi connectivity index (χ1n) is 6.42. The Kier molecular flexibility index (Phi) is 8.01. The van der Waals surface area contributed by atoms with E-state index in [1.54, 1.807) is 7.11 Å². The van der Waals surface area contributed by atoms with Gasteiger partial charge in [0.2, 0.25) is 0 Å². The fourth-order valence-electron chi connectivity index (χ4n) is 1.43. The van der Waals surface area contributed by atoms with Crippen molar-refractivity contribution in [3.63, 3.8) is 0 Å². The van der Waals surface area contributed by atoms with Crippen molar-refractivity contribution in [3.05, 3.63) is 24.3 Å². The van der Waals surface area contributed by atoms with Gasteiger partial charge in [-0.25, -0.2) is 0 Å². The van der Waals surface area contributed by atoms with Crippen molar-refractivity contribution in [2.75, 3.05) is 40.0 Å². The van der Waals surface area contributed by atoms with Gasteiger partial charge in [-0.2, -0.15) is 0 Å². The molecule has 0 aliphatic carbocycles. The molecule has 102 valence electrons. The maximum Gasteiger partial charge on any atom is 0.122 e. The summed E-state index contributed by atoms with van der Waals surface area (Å²) in [6.07, 6.45) is 1.03. The normalized spacial score (nSPS) is 14.3. The molecule has 0 saturated carbocycles. The van der Waals surface area contributed by atoms with Crippen LogP contribution in [-0.4, -0.2) is 40.0 Å². The molecule has 2 rings (SSSR count). The van der Waals surface area contributed by atoms with Gasteiger partial charge in [0.25, 0.3) is 0 Å². The largest absolute Gasteiger partial charge is 0.497 e. The van der Waals surface area contributed by atoms with E-state index < -0.39 is 0 Å². The molecule has 0 radical (unpaired) electrons. The molecule has 4 heteroatoms. The van der Waals surface area contributed by atoms with Crippen molar-refractivity contribution < 1.29 is 14.2 Å². The molecule has 0 aromatic heterocycles. The van der Waals surface area contributed by atoms with E-state index in [1.807, 2.05) is 24.3 Å². The van der Waals surface area contributed by atoms with Crippen LogP contribution in [0.4, 0.5) is 0 Å². The third-order valence-electron chi connectivity index (χ3n) is 2.36. The van der Waals surface area contributed by atoms with E-state index in [0.29, 0.717) is 0 Å². The second-order valence-corrected chi connectivity index (χ2v) is 3.89. The summed E-state index contributed by atoms with van der Waals surface area (Å²) in [7, 11) is 1.65. The van der Waals surface area contributed by atoms with Gasteiger partial charge in [-0.1, -0.05) is 13.0 Å². The Morgan fingerprint density at radius 2 is 1.94 bits per heavy atom. The number of hydrogen-bond donors (Lipinski definition) is 1. The van der Waals surface area contributed by atoms with Crippen LogP contribution in [0.15, 0.2) is 24.3 Å². The van der Waals surface area contributed by atoms with E-state index in [9.17, 15) is 0 Å². The zero-order valence-corrected chi connectivity index (χ0v) is 11.3. The van der Waals surface area contributed by atoms with Gasteiger partial charge in [-0.15, -0.1) is 0 Å². The maximum atomic E-state index is 5.42. The maximum absolute atomic E-state index is 5.42. The molecule has 1 fully saturated rings. The van der Waals surface area contributed by atoms with Crippen LogP contribution in [0.1, 0.15) is 13.3 Å². The highest BCUT2D eigenvalue weighted by molar-refractivity contribution is 5.32. The summed E-state index contributed by atoms with van der Waals surface area (Å²) in [6, 6.07) is 7.64. The Morgan fingerprint density at radius 3 is 2.44 bits per heavy atom. The molecule has 4 nitrogen and oxygen atoms in total. The molecular formula is C14H23NO3. The van der Waals surface area contributed by atoms with Gasteiger partial charge >= 0.3 is 0 Å². The summed E-state index contributed by atoms with van der Waals surface area (Å²) >= 11 is 0. The highest BCUT2D eigenvalue weighted by Crippen LogP contribution is 2.18. The summed E-state index contributed by atoms with van der Waals surface area (Å²) in [4.78, 5) is 0. The first-order valence-corrected chi connectivity index (χ1v) is 6.42. The van der Waals surface area contributed by atoms with E-state index in [0.717, 1.165) is 50.8 Å². The third kappa shape index (κ3) is 6.47. The minimum Gasteiger partial charge on any atom is -0.497 e. The summed E-state index contributed by atoms with van der Waals surface area (Å²) < 4.78 is 15.5. The number of benzene rings is 1. The SMILES string of the molecule is C1COCCN1.CCCOc1cccc(OC)c1. The molecule has 0 atom stereocenters. The molecule has 1 aliphatic heterocycles. The lowest BCUT2D eigenvalue weighted by Crippen LogP contribution is -2.30. The van der Waals surface area contributed by atoms with Gasteiger partial charge in [0.05, 0.1) is 26.9 Å². The Hall–Kier alpha value is -1.26. The van der Waals surface area contributed by atoms with Gasteiger partial charge in [0.1, 0.15) is 11.5 Å². The molecule has 1 aromatic rings. The van der Waals surface area contributed by atoms with Crippen LogP contribution in [0, 0.1) is 0 Å². The van der Waals surface area contributed by atoms with Gasteiger partial charge in [0, 0.05) is 19.2 Å². The van der Waals surface area contributed by atoms with Crippen LogP contribution < -0.4 is 14.8 Å². The molecule has 18 heavy (non-hydrogen) atoms. The summed E-state index contributed by atoms with van der Waals surface area (Å²) in [6.45, 7) is 6.67. The molecule has 1 aromatic carbocycles. The minimum atomic E-state index is 0.757. The molecule has 1 saturated heterocycles. The van der Waals surface area contributed by atoms with Crippen LogP contribution in [0.2, 0.25) is 0 Å². The average molecular weight is 253 g/mol. The average Bonchev–Trinajstić information content (AvgIpc) is 2.48. The van der Waals surface area contributed by atoms with Gasteiger partial charge < -0.3 is 19.5 Å². The van der Waals surface area contributed by atoms with Crippen molar-refractivity contribution in [3.8, 4) is 11.5 Å². The Morgan fingerprint density at radius 1 is 1.22 bits per heavy atom. The number of rotatable bonds is 4. The summed E-state index contributed by atoms with van der Waals surface area (Å²) in [5, 5.41) is 3.16. The van der Waals surface area contributed by atoms with Crippen LogP contribution in [-0.2, 0) is 4.74 Å². The number of morpholine rings is 1. The van der Waals surface area contributed by atoms with E-state index in [1.165, 1.54) is 0 Å². The quantitative estimate of drug-likeness (QED) is 0.892. The van der Waals surface area contributed by atoms with Crippen molar-refractivity contribution in [1.82, 2.24) is 5.32 Å². The fourth-order valence-corrected chi connectivity index (χ4v) is 1.43. The van der Waals surface area contributed by atoms with Crippen LogP contribution in [0.25, 0.3) is 0 Å². The molecule has 1 heterocycles. The third-order valence-corrected chi connectivity index (χ3v) is 2.36. The Balaban J connectivity index is 0.000000225. The smallest absolute Gasteiger partial charge is 0.122 e. The lowest BCUT2D eigenvalue weighted by atomic mass is 10.3. The number of ether oxygens (including phenoxy) is 3. The molecule has 0 bridgehead atoms.